The molecule has 1 fully saturated rings. The van der Waals surface area contributed by atoms with E-state index in [0.29, 0.717) is 18.8 Å². The average Bonchev–Trinajstić information content (AvgIpc) is 3.06. The van der Waals surface area contributed by atoms with Crippen molar-refractivity contribution < 1.29 is 23.5 Å². The van der Waals surface area contributed by atoms with Gasteiger partial charge in [0.2, 0.25) is 0 Å². The Labute approximate surface area is 130 Å². The summed E-state index contributed by atoms with van der Waals surface area (Å²) >= 11 is 0. The lowest BCUT2D eigenvalue weighted by atomic mass is 9.97. The molecule has 0 aromatic carbocycles. The van der Waals surface area contributed by atoms with Gasteiger partial charge in [0.05, 0.1) is 24.8 Å². The highest BCUT2D eigenvalue weighted by molar-refractivity contribution is 5.80. The number of carbonyl (C=O) groups excluding carboxylic acids is 2. The molecule has 2 heterocycles. The van der Waals surface area contributed by atoms with E-state index in [1.165, 1.54) is 0 Å². The minimum Gasteiger partial charge on any atom is -0.468 e. The molecule has 0 spiro atoms. The third-order valence-corrected chi connectivity index (χ3v) is 3.40. The van der Waals surface area contributed by atoms with E-state index in [4.69, 9.17) is 13.9 Å². The van der Waals surface area contributed by atoms with Crippen LogP contribution in [0.5, 0.6) is 0 Å². The Morgan fingerprint density at radius 3 is 2.64 bits per heavy atom. The van der Waals surface area contributed by atoms with Crippen molar-refractivity contribution in [1.29, 1.82) is 0 Å². The van der Waals surface area contributed by atoms with Gasteiger partial charge >= 0.3 is 11.9 Å². The summed E-state index contributed by atoms with van der Waals surface area (Å²) in [5.74, 6) is -0.569. The normalized spacial score (nSPS) is 25.0. The van der Waals surface area contributed by atoms with Crippen LogP contribution in [0.4, 0.5) is 0 Å². The van der Waals surface area contributed by atoms with E-state index >= 15 is 0 Å². The molecule has 0 saturated carbocycles. The van der Waals surface area contributed by atoms with Gasteiger partial charge in [0.15, 0.2) is 0 Å². The van der Waals surface area contributed by atoms with Crippen LogP contribution in [0.2, 0.25) is 0 Å². The Morgan fingerprint density at radius 1 is 1.36 bits per heavy atom. The maximum atomic E-state index is 12.4. The van der Waals surface area contributed by atoms with Crippen LogP contribution in [0, 0.1) is 5.92 Å². The molecule has 1 aromatic heterocycles. The van der Waals surface area contributed by atoms with Crippen LogP contribution < -0.4 is 5.32 Å². The highest BCUT2D eigenvalue weighted by Gasteiger charge is 2.45. The van der Waals surface area contributed by atoms with Crippen molar-refractivity contribution in [3.63, 3.8) is 0 Å². The number of esters is 2. The van der Waals surface area contributed by atoms with Gasteiger partial charge < -0.3 is 13.9 Å². The maximum absolute atomic E-state index is 12.4. The summed E-state index contributed by atoms with van der Waals surface area (Å²) in [6.07, 6.45) is 1.87. The molecule has 2 rings (SSSR count). The second-order valence-corrected chi connectivity index (χ2v) is 6.34. The summed E-state index contributed by atoms with van der Waals surface area (Å²) < 4.78 is 15.9. The minimum absolute atomic E-state index is 0.305. The number of nitrogens with one attached hydrogen (secondary N) is 1. The van der Waals surface area contributed by atoms with Gasteiger partial charge in [-0.1, -0.05) is 0 Å². The number of ether oxygens (including phenoxy) is 2. The van der Waals surface area contributed by atoms with E-state index in [9.17, 15) is 9.59 Å². The standard InChI is InChI=1S/C16H23NO5/c1-5-20-15(19)11-9-10(14(18)22-16(2,3)4)13(17-11)12-7-6-8-21-12/h6-8,10-11,13,17H,5,9H2,1-4H3. The first-order valence-electron chi connectivity index (χ1n) is 7.50. The summed E-state index contributed by atoms with van der Waals surface area (Å²) in [5, 5.41) is 3.13. The molecule has 1 aliphatic heterocycles. The highest BCUT2D eigenvalue weighted by Crippen LogP contribution is 2.35. The molecule has 6 heteroatoms. The Kier molecular flexibility index (Phi) is 4.90. The van der Waals surface area contributed by atoms with Crippen LogP contribution >= 0.6 is 0 Å². The summed E-state index contributed by atoms with van der Waals surface area (Å²) in [7, 11) is 0. The maximum Gasteiger partial charge on any atom is 0.323 e. The number of carbonyl (C=O) groups is 2. The van der Waals surface area contributed by atoms with Crippen molar-refractivity contribution in [3.05, 3.63) is 24.2 Å². The number of rotatable bonds is 4. The molecular weight excluding hydrogens is 286 g/mol. The van der Waals surface area contributed by atoms with Crippen LogP contribution in [0.1, 0.15) is 45.9 Å². The van der Waals surface area contributed by atoms with Crippen molar-refractivity contribution in [3.8, 4) is 0 Å². The average molecular weight is 309 g/mol. The monoisotopic (exact) mass is 309 g/mol. The topological polar surface area (TPSA) is 77.8 Å². The smallest absolute Gasteiger partial charge is 0.323 e. The zero-order valence-corrected chi connectivity index (χ0v) is 13.4. The van der Waals surface area contributed by atoms with Crippen LogP contribution in [0.15, 0.2) is 22.8 Å². The molecule has 0 amide bonds. The quantitative estimate of drug-likeness (QED) is 0.859. The van der Waals surface area contributed by atoms with E-state index in [1.807, 2.05) is 20.8 Å². The van der Waals surface area contributed by atoms with E-state index in [2.05, 4.69) is 5.32 Å². The molecule has 0 bridgehead atoms. The Hall–Kier alpha value is -1.82. The highest BCUT2D eigenvalue weighted by atomic mass is 16.6. The molecule has 122 valence electrons. The van der Waals surface area contributed by atoms with Gasteiger partial charge in [-0.3, -0.25) is 14.9 Å². The lowest BCUT2D eigenvalue weighted by Gasteiger charge is -2.24. The summed E-state index contributed by atoms with van der Waals surface area (Å²) in [4.78, 5) is 24.4. The van der Waals surface area contributed by atoms with Gasteiger partial charge in [-0.25, -0.2) is 0 Å². The van der Waals surface area contributed by atoms with Gasteiger partial charge in [0, 0.05) is 0 Å². The number of furan rings is 1. The van der Waals surface area contributed by atoms with E-state index in [0.717, 1.165) is 0 Å². The number of hydrogen-bond acceptors (Lipinski definition) is 6. The predicted molar refractivity (Wildman–Crippen MR) is 79.0 cm³/mol. The molecule has 6 nitrogen and oxygen atoms in total. The Bertz CT molecular complexity index is 517. The van der Waals surface area contributed by atoms with Crippen molar-refractivity contribution in [1.82, 2.24) is 5.32 Å². The zero-order valence-electron chi connectivity index (χ0n) is 13.4. The summed E-state index contributed by atoms with van der Waals surface area (Å²) in [6, 6.07) is 2.61. The first-order valence-corrected chi connectivity index (χ1v) is 7.50. The van der Waals surface area contributed by atoms with Crippen molar-refractivity contribution in [2.24, 2.45) is 5.92 Å². The van der Waals surface area contributed by atoms with Gasteiger partial charge in [0.25, 0.3) is 0 Å². The fourth-order valence-corrected chi connectivity index (χ4v) is 2.56. The molecule has 3 unspecified atom stereocenters. The molecule has 1 N–H and O–H groups in total. The van der Waals surface area contributed by atoms with Crippen LogP contribution in [0.25, 0.3) is 0 Å². The second kappa shape index (κ2) is 6.52. The van der Waals surface area contributed by atoms with E-state index in [-0.39, 0.29) is 18.0 Å². The largest absolute Gasteiger partial charge is 0.468 e. The lowest BCUT2D eigenvalue weighted by molar-refractivity contribution is -0.160. The van der Waals surface area contributed by atoms with Crippen molar-refractivity contribution in [2.45, 2.75) is 51.8 Å². The predicted octanol–water partition coefficient (Wildman–Crippen LogP) is 2.20. The third kappa shape index (κ3) is 3.88. The molecule has 1 aromatic rings. The Balaban J connectivity index is 2.17. The molecular formula is C16H23NO5. The van der Waals surface area contributed by atoms with Gasteiger partial charge in [-0.2, -0.15) is 0 Å². The SMILES string of the molecule is CCOC(=O)C1CC(C(=O)OC(C)(C)C)C(c2ccco2)N1. The first-order chi connectivity index (χ1) is 10.3. The van der Waals surface area contributed by atoms with Gasteiger partial charge in [-0.05, 0) is 46.2 Å². The Morgan fingerprint density at radius 2 is 2.09 bits per heavy atom. The van der Waals surface area contributed by atoms with E-state index < -0.39 is 17.6 Å². The van der Waals surface area contributed by atoms with Crippen LogP contribution in [-0.2, 0) is 19.1 Å². The number of hydrogen-bond donors (Lipinski definition) is 1. The molecule has 1 aliphatic rings. The third-order valence-electron chi connectivity index (χ3n) is 3.40. The van der Waals surface area contributed by atoms with Crippen molar-refractivity contribution >= 4 is 11.9 Å². The summed E-state index contributed by atoms with van der Waals surface area (Å²) in [6.45, 7) is 7.51. The van der Waals surface area contributed by atoms with E-state index in [1.54, 1.807) is 25.3 Å². The fraction of sp³-hybridized carbons (Fsp3) is 0.625. The molecule has 0 radical (unpaired) electrons. The fourth-order valence-electron chi connectivity index (χ4n) is 2.56. The first kappa shape index (κ1) is 16.5. The van der Waals surface area contributed by atoms with Crippen LogP contribution in [-0.4, -0.2) is 30.2 Å². The second-order valence-electron chi connectivity index (χ2n) is 6.34. The van der Waals surface area contributed by atoms with Crippen molar-refractivity contribution in [2.75, 3.05) is 6.61 Å². The molecule has 3 atom stereocenters. The minimum atomic E-state index is -0.577. The lowest BCUT2D eigenvalue weighted by Crippen LogP contribution is -2.34. The molecule has 0 aliphatic carbocycles. The molecule has 22 heavy (non-hydrogen) atoms. The van der Waals surface area contributed by atoms with Gasteiger partial charge in [-0.15, -0.1) is 0 Å². The summed E-state index contributed by atoms with van der Waals surface area (Å²) in [5.41, 5.74) is -0.577. The molecule has 1 saturated heterocycles. The van der Waals surface area contributed by atoms with Gasteiger partial charge in [0.1, 0.15) is 17.4 Å². The van der Waals surface area contributed by atoms with Crippen LogP contribution in [0.3, 0.4) is 0 Å². The zero-order chi connectivity index (χ0) is 16.3.